The number of hydrogen-bond acceptors (Lipinski definition) is 3. The van der Waals surface area contributed by atoms with Crippen molar-refractivity contribution in [2.45, 2.75) is 11.3 Å². The summed E-state index contributed by atoms with van der Waals surface area (Å²) in [7, 11) is 0. The van der Waals surface area contributed by atoms with Crippen molar-refractivity contribution in [3.63, 3.8) is 0 Å². The van der Waals surface area contributed by atoms with Gasteiger partial charge in [0.1, 0.15) is 11.6 Å². The lowest BCUT2D eigenvalue weighted by atomic mass is 10.2. The smallest absolute Gasteiger partial charge is 0.141 e. The van der Waals surface area contributed by atoms with Gasteiger partial charge in [0, 0.05) is 18.0 Å². The number of ether oxygens (including phenoxy) is 1. The van der Waals surface area contributed by atoms with Crippen LogP contribution in [0.4, 0.5) is 14.5 Å². The number of thioether (sulfide) groups is 1. The number of anilines is 1. The lowest BCUT2D eigenvalue weighted by Crippen LogP contribution is -2.03. The molecule has 1 aromatic rings. The molecule has 5 heteroatoms. The summed E-state index contributed by atoms with van der Waals surface area (Å²) in [5, 5.41) is 0. The Kier molecular flexibility index (Phi) is 3.66. The summed E-state index contributed by atoms with van der Waals surface area (Å²) < 4.78 is 32.0. The van der Waals surface area contributed by atoms with Crippen LogP contribution < -0.4 is 5.73 Å². The summed E-state index contributed by atoms with van der Waals surface area (Å²) in [4.78, 5) is 0.0566. The molecule has 1 aliphatic rings. The monoisotopic (exact) mass is 245 g/mol. The molecule has 1 heterocycles. The Morgan fingerprint density at radius 1 is 1.38 bits per heavy atom. The van der Waals surface area contributed by atoms with Crippen molar-refractivity contribution in [2.24, 2.45) is 5.92 Å². The maximum Gasteiger partial charge on any atom is 0.141 e. The molecular formula is C11H13F2NOS. The van der Waals surface area contributed by atoms with Crippen molar-refractivity contribution in [3.05, 3.63) is 23.8 Å². The molecule has 0 bridgehead atoms. The minimum Gasteiger partial charge on any atom is -0.399 e. The predicted octanol–water partition coefficient (Wildman–Crippen LogP) is 2.68. The molecule has 88 valence electrons. The number of nitrogen functional groups attached to an aromatic ring is 1. The van der Waals surface area contributed by atoms with E-state index in [1.54, 1.807) is 0 Å². The standard InChI is InChI=1S/C11H13F2NOS/c12-9-3-8(14)4-10(13)11(9)16-6-7-1-2-15-5-7/h3-4,7H,1-2,5-6,14H2. The van der Waals surface area contributed by atoms with Gasteiger partial charge >= 0.3 is 0 Å². The van der Waals surface area contributed by atoms with Gasteiger partial charge in [-0.15, -0.1) is 11.8 Å². The lowest BCUT2D eigenvalue weighted by Gasteiger charge is -2.09. The summed E-state index contributed by atoms with van der Waals surface area (Å²) in [6, 6.07) is 2.30. The van der Waals surface area contributed by atoms with Gasteiger partial charge < -0.3 is 10.5 Å². The Labute approximate surface area is 97.2 Å². The third-order valence-electron chi connectivity index (χ3n) is 2.51. The molecule has 0 radical (unpaired) electrons. The van der Waals surface area contributed by atoms with Gasteiger partial charge in [-0.05, 0) is 24.5 Å². The first-order valence-corrected chi connectivity index (χ1v) is 6.10. The summed E-state index contributed by atoms with van der Waals surface area (Å²) in [5.74, 6) is -0.0956. The number of hydrogen-bond donors (Lipinski definition) is 1. The van der Waals surface area contributed by atoms with E-state index in [0.29, 0.717) is 18.3 Å². The lowest BCUT2D eigenvalue weighted by molar-refractivity contribution is 0.189. The fraction of sp³-hybridized carbons (Fsp3) is 0.455. The van der Waals surface area contributed by atoms with Crippen LogP contribution in [-0.4, -0.2) is 19.0 Å². The van der Waals surface area contributed by atoms with Gasteiger partial charge in [0.15, 0.2) is 0 Å². The molecular weight excluding hydrogens is 232 g/mol. The van der Waals surface area contributed by atoms with E-state index in [-0.39, 0.29) is 10.6 Å². The summed E-state index contributed by atoms with van der Waals surface area (Å²) in [6.07, 6.45) is 0.964. The van der Waals surface area contributed by atoms with E-state index in [9.17, 15) is 8.78 Å². The van der Waals surface area contributed by atoms with Gasteiger partial charge in [0.05, 0.1) is 11.5 Å². The van der Waals surface area contributed by atoms with Crippen LogP contribution in [0, 0.1) is 17.6 Å². The second kappa shape index (κ2) is 5.01. The van der Waals surface area contributed by atoms with Crippen LogP contribution in [0.1, 0.15) is 6.42 Å². The normalized spacial score (nSPS) is 20.2. The van der Waals surface area contributed by atoms with E-state index in [0.717, 1.165) is 25.2 Å². The van der Waals surface area contributed by atoms with Gasteiger partial charge in [0.2, 0.25) is 0 Å². The highest BCUT2D eigenvalue weighted by atomic mass is 32.2. The molecule has 2 N–H and O–H groups in total. The van der Waals surface area contributed by atoms with E-state index in [2.05, 4.69) is 0 Å². The molecule has 0 saturated carbocycles. The largest absolute Gasteiger partial charge is 0.399 e. The van der Waals surface area contributed by atoms with Gasteiger partial charge in [-0.2, -0.15) is 0 Å². The van der Waals surface area contributed by atoms with Crippen molar-refractivity contribution in [2.75, 3.05) is 24.7 Å². The van der Waals surface area contributed by atoms with Crippen molar-refractivity contribution in [1.82, 2.24) is 0 Å². The molecule has 16 heavy (non-hydrogen) atoms. The molecule has 1 atom stereocenters. The van der Waals surface area contributed by atoms with Crippen LogP contribution in [-0.2, 0) is 4.74 Å². The second-order valence-electron chi connectivity index (χ2n) is 3.85. The minimum absolute atomic E-state index is 0.0566. The Morgan fingerprint density at radius 2 is 2.06 bits per heavy atom. The van der Waals surface area contributed by atoms with Crippen molar-refractivity contribution >= 4 is 17.4 Å². The summed E-state index contributed by atoms with van der Waals surface area (Å²) in [5.41, 5.74) is 5.45. The minimum atomic E-state index is -0.582. The summed E-state index contributed by atoms with van der Waals surface area (Å²) in [6.45, 7) is 1.43. The Bertz CT molecular complexity index is 357. The Morgan fingerprint density at radius 3 is 2.62 bits per heavy atom. The zero-order chi connectivity index (χ0) is 11.5. The maximum absolute atomic E-state index is 13.4. The third kappa shape index (κ3) is 2.65. The summed E-state index contributed by atoms with van der Waals surface area (Å²) >= 11 is 1.19. The topological polar surface area (TPSA) is 35.2 Å². The zero-order valence-corrected chi connectivity index (χ0v) is 9.53. The predicted molar refractivity (Wildman–Crippen MR) is 60.4 cm³/mol. The average molecular weight is 245 g/mol. The van der Waals surface area contributed by atoms with Crippen LogP contribution in [0.25, 0.3) is 0 Å². The Hall–Kier alpha value is -0.810. The van der Waals surface area contributed by atoms with Crippen molar-refractivity contribution < 1.29 is 13.5 Å². The molecule has 1 aliphatic heterocycles. The van der Waals surface area contributed by atoms with E-state index < -0.39 is 11.6 Å². The fourth-order valence-corrected chi connectivity index (χ4v) is 2.69. The average Bonchev–Trinajstić information content (AvgIpc) is 2.68. The van der Waals surface area contributed by atoms with E-state index >= 15 is 0 Å². The van der Waals surface area contributed by atoms with Crippen molar-refractivity contribution in [1.29, 1.82) is 0 Å². The van der Waals surface area contributed by atoms with Crippen LogP contribution in [0.3, 0.4) is 0 Å². The van der Waals surface area contributed by atoms with Crippen molar-refractivity contribution in [3.8, 4) is 0 Å². The van der Waals surface area contributed by atoms with Crippen LogP contribution in [0.5, 0.6) is 0 Å². The number of halogens is 2. The fourth-order valence-electron chi connectivity index (χ4n) is 1.63. The first-order chi connectivity index (χ1) is 7.66. The van der Waals surface area contributed by atoms with E-state index in [4.69, 9.17) is 10.5 Å². The maximum atomic E-state index is 13.4. The molecule has 2 nitrogen and oxygen atoms in total. The molecule has 1 fully saturated rings. The highest BCUT2D eigenvalue weighted by Crippen LogP contribution is 2.30. The number of rotatable bonds is 3. The quantitative estimate of drug-likeness (QED) is 0.657. The number of benzene rings is 1. The first-order valence-electron chi connectivity index (χ1n) is 5.12. The molecule has 1 saturated heterocycles. The SMILES string of the molecule is Nc1cc(F)c(SCC2CCOC2)c(F)c1. The number of nitrogens with two attached hydrogens (primary N) is 1. The van der Waals surface area contributed by atoms with Crippen LogP contribution in [0.2, 0.25) is 0 Å². The molecule has 0 aromatic heterocycles. The highest BCUT2D eigenvalue weighted by Gasteiger charge is 2.18. The molecule has 1 aromatic carbocycles. The first kappa shape index (κ1) is 11.7. The van der Waals surface area contributed by atoms with Crippen LogP contribution in [0.15, 0.2) is 17.0 Å². The van der Waals surface area contributed by atoms with Gasteiger partial charge in [-0.1, -0.05) is 0 Å². The van der Waals surface area contributed by atoms with E-state index in [1.807, 2.05) is 0 Å². The second-order valence-corrected chi connectivity index (χ2v) is 4.88. The van der Waals surface area contributed by atoms with Gasteiger partial charge in [-0.3, -0.25) is 0 Å². The molecule has 0 spiro atoms. The molecule has 0 amide bonds. The molecule has 2 rings (SSSR count). The third-order valence-corrected chi connectivity index (χ3v) is 3.82. The van der Waals surface area contributed by atoms with E-state index in [1.165, 1.54) is 11.8 Å². The molecule has 1 unspecified atom stereocenters. The highest BCUT2D eigenvalue weighted by molar-refractivity contribution is 7.99. The molecule has 0 aliphatic carbocycles. The van der Waals surface area contributed by atoms with Gasteiger partial charge in [-0.25, -0.2) is 8.78 Å². The Balaban J connectivity index is 2.03. The zero-order valence-electron chi connectivity index (χ0n) is 8.71. The van der Waals surface area contributed by atoms with Gasteiger partial charge in [0.25, 0.3) is 0 Å². The van der Waals surface area contributed by atoms with Crippen LogP contribution >= 0.6 is 11.8 Å².